The first-order chi connectivity index (χ1) is 3.93. The number of rotatable bonds is 2. The van der Waals surface area contributed by atoms with Crippen LogP contribution in [-0.2, 0) is 6.42 Å². The molecule has 0 aliphatic carbocycles. The highest BCUT2D eigenvalue weighted by atomic mass is 32.1. The van der Waals surface area contributed by atoms with Crippen LogP contribution in [-0.4, -0.2) is 11.7 Å². The fraction of sp³-hybridized carbons (Fsp3) is 0.429. The Hall–Kier alpha value is -0.340. The number of hydrogen-bond acceptors (Lipinski definition) is 2. The maximum Gasteiger partial charge on any atom is 0.0471 e. The molecule has 0 fully saturated rings. The predicted molar refractivity (Wildman–Crippen MR) is 41.8 cm³/mol. The Bertz CT molecular complexity index is 135. The van der Waals surface area contributed by atoms with Crippen LogP contribution in [0.2, 0.25) is 0 Å². The molecule has 0 aromatic carbocycles. The summed E-state index contributed by atoms with van der Waals surface area (Å²) in [6.07, 6.45) is 0.795. The minimum atomic E-state index is 0. The maximum absolute atomic E-state index is 8.44. The van der Waals surface area contributed by atoms with Crippen LogP contribution in [0.3, 0.4) is 0 Å². The Morgan fingerprint density at radius 3 is 2.78 bits per heavy atom. The Kier molecular flexibility index (Phi) is 4.36. The van der Waals surface area contributed by atoms with Crippen molar-refractivity contribution >= 4 is 11.3 Å². The lowest BCUT2D eigenvalue weighted by Crippen LogP contribution is -1.85. The van der Waals surface area contributed by atoms with Crippen molar-refractivity contribution in [1.82, 2.24) is 0 Å². The van der Waals surface area contributed by atoms with E-state index >= 15 is 0 Å². The largest absolute Gasteiger partial charge is 0.396 e. The highest BCUT2D eigenvalue weighted by Gasteiger charge is 1.87. The molecule has 1 N–H and O–H groups in total. The van der Waals surface area contributed by atoms with E-state index < -0.39 is 0 Å². The summed E-state index contributed by atoms with van der Waals surface area (Å²) >= 11 is 1.67. The predicted octanol–water partition coefficient (Wildman–Crippen LogP) is 1.92. The Balaban J connectivity index is 0.000000640. The molecule has 9 heavy (non-hydrogen) atoms. The van der Waals surface area contributed by atoms with E-state index in [4.69, 9.17) is 5.11 Å². The van der Waals surface area contributed by atoms with Gasteiger partial charge in [-0.15, -0.1) is 0 Å². The SMILES string of the molecule is C.OCCc1ccsc1. The first-order valence-electron chi connectivity index (χ1n) is 2.55. The molecule has 0 aliphatic rings. The molecule has 0 amide bonds. The van der Waals surface area contributed by atoms with Crippen molar-refractivity contribution in [2.45, 2.75) is 13.8 Å². The van der Waals surface area contributed by atoms with E-state index in [1.807, 2.05) is 11.4 Å². The normalized spacial score (nSPS) is 8.56. The van der Waals surface area contributed by atoms with E-state index in [0.29, 0.717) is 0 Å². The van der Waals surface area contributed by atoms with Crippen LogP contribution >= 0.6 is 11.3 Å². The molecule has 0 saturated carbocycles. The quantitative estimate of drug-likeness (QED) is 0.672. The smallest absolute Gasteiger partial charge is 0.0471 e. The number of thiophene rings is 1. The van der Waals surface area contributed by atoms with E-state index in [1.54, 1.807) is 11.3 Å². The number of aliphatic hydroxyl groups excluding tert-OH is 1. The molecule has 0 saturated heterocycles. The van der Waals surface area contributed by atoms with Gasteiger partial charge in [-0.05, 0) is 28.8 Å². The molecule has 0 unspecified atom stereocenters. The van der Waals surface area contributed by atoms with Crippen LogP contribution in [0, 0.1) is 0 Å². The van der Waals surface area contributed by atoms with Crippen molar-refractivity contribution in [3.8, 4) is 0 Å². The van der Waals surface area contributed by atoms with Crippen molar-refractivity contribution in [3.05, 3.63) is 22.4 Å². The summed E-state index contributed by atoms with van der Waals surface area (Å²) in [5.41, 5.74) is 1.23. The van der Waals surface area contributed by atoms with Crippen LogP contribution < -0.4 is 0 Å². The molecule has 1 aromatic rings. The first-order valence-corrected chi connectivity index (χ1v) is 3.49. The molecule has 1 aromatic heterocycles. The minimum absolute atomic E-state index is 0. The lowest BCUT2D eigenvalue weighted by atomic mass is 10.3. The topological polar surface area (TPSA) is 20.2 Å². The van der Waals surface area contributed by atoms with Gasteiger partial charge in [-0.2, -0.15) is 11.3 Å². The molecule has 1 heterocycles. The fourth-order valence-electron chi connectivity index (χ4n) is 0.564. The van der Waals surface area contributed by atoms with Crippen molar-refractivity contribution in [2.24, 2.45) is 0 Å². The van der Waals surface area contributed by atoms with E-state index in [1.165, 1.54) is 5.56 Å². The van der Waals surface area contributed by atoms with Gasteiger partial charge >= 0.3 is 0 Å². The van der Waals surface area contributed by atoms with Gasteiger partial charge in [-0.1, -0.05) is 7.43 Å². The van der Waals surface area contributed by atoms with Gasteiger partial charge in [0.25, 0.3) is 0 Å². The molecule has 2 heteroatoms. The van der Waals surface area contributed by atoms with Crippen LogP contribution in [0.4, 0.5) is 0 Å². The van der Waals surface area contributed by atoms with E-state index in [9.17, 15) is 0 Å². The highest BCUT2D eigenvalue weighted by Crippen LogP contribution is 2.05. The average molecular weight is 144 g/mol. The zero-order valence-electron chi connectivity index (χ0n) is 4.50. The van der Waals surface area contributed by atoms with E-state index in [0.717, 1.165) is 6.42 Å². The van der Waals surface area contributed by atoms with Crippen LogP contribution in [0.25, 0.3) is 0 Å². The third-order valence-electron chi connectivity index (χ3n) is 0.981. The number of aliphatic hydroxyl groups is 1. The second-order valence-electron chi connectivity index (χ2n) is 1.61. The standard InChI is InChI=1S/C6H8OS.CH4/c7-3-1-6-2-4-8-5-6;/h2,4-5,7H,1,3H2;1H4. The second kappa shape index (κ2) is 4.53. The third-order valence-corrected chi connectivity index (χ3v) is 1.71. The van der Waals surface area contributed by atoms with Gasteiger partial charge in [0.15, 0.2) is 0 Å². The summed E-state index contributed by atoms with van der Waals surface area (Å²) in [5.74, 6) is 0. The Morgan fingerprint density at radius 1 is 1.56 bits per heavy atom. The average Bonchev–Trinajstić information content (AvgIpc) is 2.19. The van der Waals surface area contributed by atoms with Crippen molar-refractivity contribution in [2.75, 3.05) is 6.61 Å². The van der Waals surface area contributed by atoms with Gasteiger partial charge in [0.1, 0.15) is 0 Å². The molecule has 0 atom stereocenters. The van der Waals surface area contributed by atoms with Gasteiger partial charge in [0.2, 0.25) is 0 Å². The lowest BCUT2D eigenvalue weighted by molar-refractivity contribution is 0.300. The molecule has 0 bridgehead atoms. The highest BCUT2D eigenvalue weighted by molar-refractivity contribution is 7.07. The van der Waals surface area contributed by atoms with Crippen molar-refractivity contribution < 1.29 is 5.11 Å². The fourth-order valence-corrected chi connectivity index (χ4v) is 1.27. The van der Waals surface area contributed by atoms with Gasteiger partial charge in [0.05, 0.1) is 0 Å². The molecule has 0 radical (unpaired) electrons. The summed E-state index contributed by atoms with van der Waals surface area (Å²) in [6.45, 7) is 0.261. The maximum atomic E-state index is 8.44. The van der Waals surface area contributed by atoms with E-state index in [2.05, 4.69) is 5.38 Å². The van der Waals surface area contributed by atoms with Crippen LogP contribution in [0.5, 0.6) is 0 Å². The summed E-state index contributed by atoms with van der Waals surface area (Å²) in [7, 11) is 0. The van der Waals surface area contributed by atoms with Gasteiger partial charge in [0, 0.05) is 6.61 Å². The molecule has 52 valence electrons. The molecule has 1 nitrogen and oxygen atoms in total. The molecule has 1 rings (SSSR count). The van der Waals surface area contributed by atoms with Crippen LogP contribution in [0.15, 0.2) is 16.8 Å². The summed E-state index contributed by atoms with van der Waals surface area (Å²) < 4.78 is 0. The first kappa shape index (κ1) is 8.66. The zero-order chi connectivity index (χ0) is 5.82. The van der Waals surface area contributed by atoms with Gasteiger partial charge in [-0.3, -0.25) is 0 Å². The van der Waals surface area contributed by atoms with E-state index in [-0.39, 0.29) is 14.0 Å². The van der Waals surface area contributed by atoms with Gasteiger partial charge in [-0.25, -0.2) is 0 Å². The lowest BCUT2D eigenvalue weighted by Gasteiger charge is -1.85. The summed E-state index contributed by atoms with van der Waals surface area (Å²) in [4.78, 5) is 0. The number of hydrogen-bond donors (Lipinski definition) is 1. The molecule has 0 aliphatic heterocycles. The summed E-state index contributed by atoms with van der Waals surface area (Å²) in [5, 5.41) is 12.5. The van der Waals surface area contributed by atoms with Gasteiger partial charge < -0.3 is 5.11 Å². The monoisotopic (exact) mass is 144 g/mol. The Labute approximate surface area is 60.0 Å². The molecular formula is C7H12OS. The minimum Gasteiger partial charge on any atom is -0.396 e. The zero-order valence-corrected chi connectivity index (χ0v) is 5.32. The third kappa shape index (κ3) is 2.63. The van der Waals surface area contributed by atoms with Crippen molar-refractivity contribution in [3.63, 3.8) is 0 Å². The molecule has 0 spiro atoms. The van der Waals surface area contributed by atoms with Crippen LogP contribution in [0.1, 0.15) is 13.0 Å². The second-order valence-corrected chi connectivity index (χ2v) is 2.39. The molecular weight excluding hydrogens is 132 g/mol. The van der Waals surface area contributed by atoms with Crippen molar-refractivity contribution in [1.29, 1.82) is 0 Å². The Morgan fingerprint density at radius 2 is 2.33 bits per heavy atom. The summed E-state index contributed by atoms with van der Waals surface area (Å²) in [6, 6.07) is 2.03.